The molecule has 0 bridgehead atoms. The van der Waals surface area contributed by atoms with Gasteiger partial charge in [-0.15, -0.1) is 0 Å². The lowest BCUT2D eigenvalue weighted by atomic mass is 10.1. The molecule has 0 atom stereocenters. The number of fused-ring (bicyclic) bond motifs is 1. The van der Waals surface area contributed by atoms with Crippen LogP contribution in [0.25, 0.3) is 10.8 Å². The first-order valence-electron chi connectivity index (χ1n) is 6.22. The zero-order valence-corrected chi connectivity index (χ0v) is 10.7. The fourth-order valence-electron chi connectivity index (χ4n) is 2.18. The lowest BCUT2D eigenvalue weighted by Crippen LogP contribution is -1.98. The first-order chi connectivity index (χ1) is 9.24. The van der Waals surface area contributed by atoms with E-state index < -0.39 is 0 Å². The number of para-hydroxylation sites is 1. The Bertz CT molecular complexity index is 721. The van der Waals surface area contributed by atoms with Crippen molar-refractivity contribution in [3.63, 3.8) is 0 Å². The molecule has 3 aromatic rings. The minimum absolute atomic E-state index is 0.777. The van der Waals surface area contributed by atoms with Crippen molar-refractivity contribution in [3.05, 3.63) is 60.3 Å². The number of benzene rings is 2. The van der Waals surface area contributed by atoms with E-state index in [-0.39, 0.29) is 0 Å². The molecule has 0 aliphatic rings. The number of hydrogen-bond donors (Lipinski definition) is 2. The molecular formula is C16H15N3. The smallest absolute Gasteiger partial charge is 0.138 e. The van der Waals surface area contributed by atoms with Crippen molar-refractivity contribution in [2.75, 3.05) is 11.1 Å². The van der Waals surface area contributed by atoms with E-state index >= 15 is 0 Å². The van der Waals surface area contributed by atoms with Crippen LogP contribution in [0.4, 0.5) is 17.2 Å². The Morgan fingerprint density at radius 2 is 1.74 bits per heavy atom. The number of nitrogens with one attached hydrogen (secondary N) is 1. The molecule has 0 spiro atoms. The summed E-state index contributed by atoms with van der Waals surface area (Å²) in [5.74, 6) is 0.841. The molecule has 0 saturated heterocycles. The molecule has 19 heavy (non-hydrogen) atoms. The van der Waals surface area contributed by atoms with Crippen LogP contribution in [0.5, 0.6) is 0 Å². The molecule has 0 unspecified atom stereocenters. The lowest BCUT2D eigenvalue weighted by Gasteiger charge is -2.11. The molecule has 0 saturated carbocycles. The number of rotatable bonds is 2. The predicted octanol–water partition coefficient (Wildman–Crippen LogP) is 3.87. The highest BCUT2D eigenvalue weighted by Gasteiger charge is 2.06. The van der Waals surface area contributed by atoms with Crippen molar-refractivity contribution in [2.45, 2.75) is 6.92 Å². The van der Waals surface area contributed by atoms with Gasteiger partial charge in [-0.05, 0) is 31.2 Å². The van der Waals surface area contributed by atoms with Gasteiger partial charge in [0.25, 0.3) is 0 Å². The highest BCUT2D eigenvalue weighted by molar-refractivity contribution is 6.00. The van der Waals surface area contributed by atoms with Crippen LogP contribution in [0.3, 0.4) is 0 Å². The minimum atomic E-state index is 0.777. The van der Waals surface area contributed by atoms with Crippen molar-refractivity contribution in [3.8, 4) is 0 Å². The maximum atomic E-state index is 6.03. The number of pyridine rings is 1. The fraction of sp³-hybridized carbons (Fsp3) is 0.0625. The number of aryl methyl sites for hydroxylation is 1. The summed E-state index contributed by atoms with van der Waals surface area (Å²) in [5.41, 5.74) is 8.77. The van der Waals surface area contributed by atoms with Crippen LogP contribution < -0.4 is 11.1 Å². The first-order valence-corrected chi connectivity index (χ1v) is 6.22. The molecule has 0 aliphatic carbocycles. The van der Waals surface area contributed by atoms with Gasteiger partial charge in [0.15, 0.2) is 0 Å². The maximum absolute atomic E-state index is 6.03. The highest BCUT2D eigenvalue weighted by Crippen LogP contribution is 2.28. The number of anilines is 3. The summed E-state index contributed by atoms with van der Waals surface area (Å²) in [6, 6.07) is 17.9. The number of nitrogens with two attached hydrogens (primary N) is 1. The van der Waals surface area contributed by atoms with Crippen LogP contribution in [0.15, 0.2) is 54.6 Å². The van der Waals surface area contributed by atoms with E-state index in [1.165, 1.54) is 0 Å². The summed E-state index contributed by atoms with van der Waals surface area (Å²) in [6.07, 6.45) is 0. The molecule has 0 fully saturated rings. The summed E-state index contributed by atoms with van der Waals surface area (Å²) in [4.78, 5) is 4.57. The fourth-order valence-corrected chi connectivity index (χ4v) is 2.18. The van der Waals surface area contributed by atoms with Crippen LogP contribution in [0.2, 0.25) is 0 Å². The minimum Gasteiger partial charge on any atom is -0.398 e. The van der Waals surface area contributed by atoms with Crippen LogP contribution in [-0.4, -0.2) is 4.98 Å². The van der Waals surface area contributed by atoms with Crippen molar-refractivity contribution in [1.82, 2.24) is 4.98 Å². The number of nitrogens with zero attached hydrogens (tertiary/aromatic N) is 1. The zero-order chi connectivity index (χ0) is 13.2. The predicted molar refractivity (Wildman–Crippen MR) is 80.6 cm³/mol. The Labute approximate surface area is 112 Å². The Kier molecular flexibility index (Phi) is 2.80. The van der Waals surface area contributed by atoms with E-state index in [0.717, 1.165) is 33.7 Å². The quantitative estimate of drug-likeness (QED) is 0.678. The van der Waals surface area contributed by atoms with Gasteiger partial charge in [0.05, 0.1) is 0 Å². The second-order valence-electron chi connectivity index (χ2n) is 4.55. The van der Waals surface area contributed by atoms with E-state index in [1.54, 1.807) is 0 Å². The summed E-state index contributed by atoms with van der Waals surface area (Å²) < 4.78 is 0. The molecule has 3 rings (SSSR count). The third-order valence-corrected chi connectivity index (χ3v) is 3.07. The zero-order valence-electron chi connectivity index (χ0n) is 10.7. The summed E-state index contributed by atoms with van der Waals surface area (Å²) >= 11 is 0. The molecule has 2 aromatic carbocycles. The van der Waals surface area contributed by atoms with Gasteiger partial charge in [-0.2, -0.15) is 0 Å². The molecule has 1 aromatic heterocycles. The van der Waals surface area contributed by atoms with Gasteiger partial charge in [-0.1, -0.05) is 30.3 Å². The van der Waals surface area contributed by atoms with Crippen LogP contribution in [0.1, 0.15) is 5.69 Å². The first kappa shape index (κ1) is 11.5. The van der Waals surface area contributed by atoms with E-state index in [9.17, 15) is 0 Å². The monoisotopic (exact) mass is 249 g/mol. The van der Waals surface area contributed by atoms with Gasteiger partial charge in [0, 0.05) is 27.8 Å². The Balaban J connectivity index is 2.15. The normalized spacial score (nSPS) is 10.6. The van der Waals surface area contributed by atoms with Gasteiger partial charge >= 0.3 is 0 Å². The standard InChI is InChI=1S/C16H15N3/c1-11-10-14-13(8-5-9-15(14)17)16(18-11)19-12-6-3-2-4-7-12/h2-10H,17H2,1H3,(H,18,19). The van der Waals surface area contributed by atoms with Crippen molar-refractivity contribution in [1.29, 1.82) is 0 Å². The largest absolute Gasteiger partial charge is 0.398 e. The Hall–Kier alpha value is -2.55. The summed E-state index contributed by atoms with van der Waals surface area (Å²) in [6.45, 7) is 1.97. The second-order valence-corrected chi connectivity index (χ2v) is 4.55. The third kappa shape index (κ3) is 2.22. The van der Waals surface area contributed by atoms with Gasteiger partial charge in [0.1, 0.15) is 5.82 Å². The molecule has 0 radical (unpaired) electrons. The van der Waals surface area contributed by atoms with E-state index in [0.29, 0.717) is 0 Å². The molecule has 1 heterocycles. The second kappa shape index (κ2) is 4.61. The Morgan fingerprint density at radius 1 is 0.947 bits per heavy atom. The average Bonchev–Trinajstić information content (AvgIpc) is 2.41. The molecule has 3 nitrogen and oxygen atoms in total. The molecular weight excluding hydrogens is 234 g/mol. The maximum Gasteiger partial charge on any atom is 0.138 e. The molecule has 3 N–H and O–H groups in total. The van der Waals surface area contributed by atoms with Gasteiger partial charge < -0.3 is 11.1 Å². The third-order valence-electron chi connectivity index (χ3n) is 3.07. The van der Waals surface area contributed by atoms with Crippen LogP contribution in [0, 0.1) is 6.92 Å². The van der Waals surface area contributed by atoms with E-state index in [1.807, 2.05) is 61.5 Å². The highest BCUT2D eigenvalue weighted by atomic mass is 15.0. The van der Waals surface area contributed by atoms with Gasteiger partial charge in [0.2, 0.25) is 0 Å². The average molecular weight is 249 g/mol. The number of hydrogen-bond acceptors (Lipinski definition) is 3. The molecule has 94 valence electrons. The van der Waals surface area contributed by atoms with Crippen molar-refractivity contribution in [2.24, 2.45) is 0 Å². The lowest BCUT2D eigenvalue weighted by molar-refractivity contribution is 1.22. The molecule has 0 aliphatic heterocycles. The van der Waals surface area contributed by atoms with E-state index in [4.69, 9.17) is 5.73 Å². The number of aromatic nitrogens is 1. The number of nitrogen functional groups attached to an aromatic ring is 1. The Morgan fingerprint density at radius 3 is 2.53 bits per heavy atom. The van der Waals surface area contributed by atoms with Crippen molar-refractivity contribution >= 4 is 28.0 Å². The topological polar surface area (TPSA) is 50.9 Å². The van der Waals surface area contributed by atoms with Crippen LogP contribution >= 0.6 is 0 Å². The molecule has 3 heteroatoms. The van der Waals surface area contributed by atoms with Crippen LogP contribution in [-0.2, 0) is 0 Å². The van der Waals surface area contributed by atoms with E-state index in [2.05, 4.69) is 10.3 Å². The van der Waals surface area contributed by atoms with Gasteiger partial charge in [-0.3, -0.25) is 0 Å². The van der Waals surface area contributed by atoms with Crippen molar-refractivity contribution < 1.29 is 0 Å². The SMILES string of the molecule is Cc1cc2c(N)cccc2c(Nc2ccccc2)n1. The van der Waals surface area contributed by atoms with Gasteiger partial charge in [-0.25, -0.2) is 4.98 Å². The summed E-state index contributed by atoms with van der Waals surface area (Å²) in [5, 5.41) is 5.42. The molecule has 0 amide bonds. The summed E-state index contributed by atoms with van der Waals surface area (Å²) in [7, 11) is 0.